The molecule has 15 heavy (non-hydrogen) atoms. The predicted molar refractivity (Wildman–Crippen MR) is 63.9 cm³/mol. The van der Waals surface area contributed by atoms with Gasteiger partial charge in [-0.1, -0.05) is 20.8 Å². The van der Waals surface area contributed by atoms with Crippen LogP contribution in [0.25, 0.3) is 0 Å². The van der Waals surface area contributed by atoms with E-state index in [9.17, 15) is 0 Å². The summed E-state index contributed by atoms with van der Waals surface area (Å²) in [6.45, 7) is 11.6. The summed E-state index contributed by atoms with van der Waals surface area (Å²) in [5.41, 5.74) is 5.91. The SMILES string of the molecule is CCN(CC(C)C)C(CN)C1CCOC1. The molecule has 0 spiro atoms. The van der Waals surface area contributed by atoms with Crippen LogP contribution in [0.2, 0.25) is 0 Å². The minimum atomic E-state index is 0.514. The number of rotatable bonds is 6. The molecule has 0 aliphatic carbocycles. The maximum Gasteiger partial charge on any atom is 0.0510 e. The van der Waals surface area contributed by atoms with E-state index in [1.807, 2.05) is 0 Å². The molecule has 3 heteroatoms. The average Bonchev–Trinajstić information content (AvgIpc) is 2.70. The summed E-state index contributed by atoms with van der Waals surface area (Å²) in [7, 11) is 0. The van der Waals surface area contributed by atoms with E-state index >= 15 is 0 Å². The maximum absolute atomic E-state index is 5.91. The highest BCUT2D eigenvalue weighted by Gasteiger charge is 2.28. The van der Waals surface area contributed by atoms with E-state index in [4.69, 9.17) is 10.5 Å². The molecule has 0 saturated carbocycles. The van der Waals surface area contributed by atoms with Crippen molar-refractivity contribution in [3.63, 3.8) is 0 Å². The Labute approximate surface area is 94.0 Å². The van der Waals surface area contributed by atoms with Crippen LogP contribution in [0.15, 0.2) is 0 Å². The van der Waals surface area contributed by atoms with E-state index in [0.717, 1.165) is 32.8 Å². The van der Waals surface area contributed by atoms with Gasteiger partial charge in [0.1, 0.15) is 0 Å². The van der Waals surface area contributed by atoms with Crippen molar-refractivity contribution in [2.45, 2.75) is 33.2 Å². The van der Waals surface area contributed by atoms with Crippen LogP contribution < -0.4 is 5.73 Å². The van der Waals surface area contributed by atoms with Crippen molar-refractivity contribution in [1.29, 1.82) is 0 Å². The first-order chi connectivity index (χ1) is 7.19. The quantitative estimate of drug-likeness (QED) is 0.725. The van der Waals surface area contributed by atoms with Crippen LogP contribution in [-0.4, -0.2) is 43.8 Å². The molecule has 1 fully saturated rings. The van der Waals surface area contributed by atoms with Crippen LogP contribution in [0, 0.1) is 11.8 Å². The molecule has 0 bridgehead atoms. The lowest BCUT2D eigenvalue weighted by atomic mass is 9.96. The minimum absolute atomic E-state index is 0.514. The largest absolute Gasteiger partial charge is 0.381 e. The monoisotopic (exact) mass is 214 g/mol. The molecule has 0 aromatic rings. The Morgan fingerprint density at radius 1 is 1.47 bits per heavy atom. The molecule has 1 rings (SSSR count). The Hall–Kier alpha value is -0.120. The highest BCUT2D eigenvalue weighted by Crippen LogP contribution is 2.21. The van der Waals surface area contributed by atoms with E-state index in [1.54, 1.807) is 0 Å². The van der Waals surface area contributed by atoms with Crippen LogP contribution in [0.3, 0.4) is 0 Å². The second kappa shape index (κ2) is 6.46. The fourth-order valence-electron chi connectivity index (χ4n) is 2.46. The van der Waals surface area contributed by atoms with Crippen LogP contribution >= 0.6 is 0 Å². The summed E-state index contributed by atoms with van der Waals surface area (Å²) in [4.78, 5) is 2.52. The van der Waals surface area contributed by atoms with Gasteiger partial charge in [-0.3, -0.25) is 4.90 Å². The maximum atomic E-state index is 5.91. The van der Waals surface area contributed by atoms with Gasteiger partial charge in [-0.05, 0) is 18.9 Å². The van der Waals surface area contributed by atoms with Gasteiger partial charge in [0.2, 0.25) is 0 Å². The third kappa shape index (κ3) is 3.74. The molecule has 1 saturated heterocycles. The summed E-state index contributed by atoms with van der Waals surface area (Å²) >= 11 is 0. The van der Waals surface area contributed by atoms with Crippen LogP contribution in [0.4, 0.5) is 0 Å². The second-order valence-corrected chi connectivity index (χ2v) is 4.91. The van der Waals surface area contributed by atoms with E-state index in [0.29, 0.717) is 17.9 Å². The van der Waals surface area contributed by atoms with Gasteiger partial charge < -0.3 is 10.5 Å². The molecular formula is C12H26N2O. The van der Waals surface area contributed by atoms with Crippen LogP contribution in [0.5, 0.6) is 0 Å². The lowest BCUT2D eigenvalue weighted by Crippen LogP contribution is -2.47. The third-order valence-electron chi connectivity index (χ3n) is 3.23. The van der Waals surface area contributed by atoms with E-state index in [-0.39, 0.29) is 0 Å². The Morgan fingerprint density at radius 2 is 2.20 bits per heavy atom. The van der Waals surface area contributed by atoms with Crippen LogP contribution in [0.1, 0.15) is 27.2 Å². The Kier molecular flexibility index (Phi) is 5.58. The van der Waals surface area contributed by atoms with Crippen molar-refractivity contribution < 1.29 is 4.74 Å². The number of ether oxygens (including phenoxy) is 1. The van der Waals surface area contributed by atoms with E-state index in [2.05, 4.69) is 25.7 Å². The normalized spacial score (nSPS) is 24.0. The van der Waals surface area contributed by atoms with Crippen molar-refractivity contribution >= 4 is 0 Å². The molecule has 2 unspecified atom stereocenters. The van der Waals surface area contributed by atoms with Gasteiger partial charge in [0, 0.05) is 31.7 Å². The lowest BCUT2D eigenvalue weighted by Gasteiger charge is -2.34. The first-order valence-electron chi connectivity index (χ1n) is 6.20. The topological polar surface area (TPSA) is 38.5 Å². The first kappa shape index (κ1) is 12.9. The summed E-state index contributed by atoms with van der Waals surface area (Å²) in [6.07, 6.45) is 1.18. The molecule has 0 aromatic carbocycles. The molecule has 1 heterocycles. The Bertz CT molecular complexity index is 167. The third-order valence-corrected chi connectivity index (χ3v) is 3.23. The second-order valence-electron chi connectivity index (χ2n) is 4.91. The van der Waals surface area contributed by atoms with Gasteiger partial charge >= 0.3 is 0 Å². The first-order valence-corrected chi connectivity index (χ1v) is 6.20. The Balaban J connectivity index is 2.52. The number of hydrogen-bond acceptors (Lipinski definition) is 3. The number of likely N-dealkylation sites (N-methyl/N-ethyl adjacent to an activating group) is 1. The van der Waals surface area contributed by atoms with Crippen molar-refractivity contribution in [2.75, 3.05) is 32.8 Å². The predicted octanol–water partition coefficient (Wildman–Crippen LogP) is 1.33. The van der Waals surface area contributed by atoms with Gasteiger partial charge in [0.05, 0.1) is 6.61 Å². The van der Waals surface area contributed by atoms with Gasteiger partial charge in [-0.25, -0.2) is 0 Å². The number of nitrogens with two attached hydrogens (primary N) is 1. The van der Waals surface area contributed by atoms with Crippen molar-refractivity contribution in [2.24, 2.45) is 17.6 Å². The number of nitrogens with zero attached hydrogens (tertiary/aromatic N) is 1. The molecule has 2 atom stereocenters. The van der Waals surface area contributed by atoms with E-state index in [1.165, 1.54) is 6.42 Å². The fourth-order valence-corrected chi connectivity index (χ4v) is 2.46. The molecular weight excluding hydrogens is 188 g/mol. The zero-order valence-electron chi connectivity index (χ0n) is 10.4. The minimum Gasteiger partial charge on any atom is -0.381 e. The zero-order chi connectivity index (χ0) is 11.3. The summed E-state index contributed by atoms with van der Waals surface area (Å²) in [6, 6.07) is 0.514. The average molecular weight is 214 g/mol. The summed E-state index contributed by atoms with van der Waals surface area (Å²) < 4.78 is 5.46. The molecule has 0 amide bonds. The standard InChI is InChI=1S/C12H26N2O/c1-4-14(8-10(2)3)12(7-13)11-5-6-15-9-11/h10-12H,4-9,13H2,1-3H3. The highest BCUT2D eigenvalue weighted by atomic mass is 16.5. The molecule has 3 nitrogen and oxygen atoms in total. The Morgan fingerprint density at radius 3 is 2.60 bits per heavy atom. The smallest absolute Gasteiger partial charge is 0.0510 e. The lowest BCUT2D eigenvalue weighted by molar-refractivity contribution is 0.116. The number of hydrogen-bond donors (Lipinski definition) is 1. The van der Waals surface area contributed by atoms with Gasteiger partial charge in [-0.2, -0.15) is 0 Å². The fraction of sp³-hybridized carbons (Fsp3) is 1.00. The van der Waals surface area contributed by atoms with Crippen molar-refractivity contribution in [1.82, 2.24) is 4.90 Å². The van der Waals surface area contributed by atoms with Crippen molar-refractivity contribution in [3.8, 4) is 0 Å². The summed E-state index contributed by atoms with van der Waals surface area (Å²) in [5, 5.41) is 0. The molecule has 0 aromatic heterocycles. The summed E-state index contributed by atoms with van der Waals surface area (Å²) in [5.74, 6) is 1.36. The molecule has 2 N–H and O–H groups in total. The molecule has 0 radical (unpaired) electrons. The zero-order valence-corrected chi connectivity index (χ0v) is 10.4. The van der Waals surface area contributed by atoms with Gasteiger partial charge in [0.25, 0.3) is 0 Å². The molecule has 90 valence electrons. The molecule has 1 aliphatic heterocycles. The van der Waals surface area contributed by atoms with Crippen LogP contribution in [-0.2, 0) is 4.74 Å². The van der Waals surface area contributed by atoms with Gasteiger partial charge in [-0.15, -0.1) is 0 Å². The highest BCUT2D eigenvalue weighted by molar-refractivity contribution is 4.82. The van der Waals surface area contributed by atoms with E-state index < -0.39 is 0 Å². The van der Waals surface area contributed by atoms with Crippen molar-refractivity contribution in [3.05, 3.63) is 0 Å². The molecule has 1 aliphatic rings. The van der Waals surface area contributed by atoms with Gasteiger partial charge in [0.15, 0.2) is 0 Å².